The van der Waals surface area contributed by atoms with Crippen molar-refractivity contribution >= 4 is 34.8 Å². The highest BCUT2D eigenvalue weighted by Crippen LogP contribution is 2.34. The van der Waals surface area contributed by atoms with Gasteiger partial charge in [-0.25, -0.2) is 0 Å². The van der Waals surface area contributed by atoms with Crippen molar-refractivity contribution in [3.05, 3.63) is 81.2 Å². The predicted octanol–water partition coefficient (Wildman–Crippen LogP) is 7.47. The molecular weight excluding hydrogens is 463 g/mol. The van der Waals surface area contributed by atoms with Crippen LogP contribution in [0.1, 0.15) is 40.2 Å². The summed E-state index contributed by atoms with van der Waals surface area (Å²) in [6, 6.07) is 13.7. The molecule has 33 heavy (non-hydrogen) atoms. The van der Waals surface area contributed by atoms with Crippen LogP contribution in [0.2, 0.25) is 10.0 Å². The molecule has 0 radical (unpaired) electrons. The van der Waals surface area contributed by atoms with Gasteiger partial charge < -0.3 is 19.0 Å². The van der Waals surface area contributed by atoms with E-state index in [2.05, 4.69) is 10.5 Å². The number of anilines is 1. The van der Waals surface area contributed by atoms with Crippen LogP contribution in [0.3, 0.4) is 0 Å². The number of aryl methyl sites for hydroxylation is 2. The average molecular weight is 483 g/mol. The van der Waals surface area contributed by atoms with Crippen LogP contribution in [0.5, 0.6) is 11.7 Å². The van der Waals surface area contributed by atoms with Gasteiger partial charge in [0, 0.05) is 32.9 Å². The predicted molar refractivity (Wildman–Crippen MR) is 127 cm³/mol. The fourth-order valence-electron chi connectivity index (χ4n) is 3.90. The van der Waals surface area contributed by atoms with E-state index in [1.54, 1.807) is 30.3 Å². The first kappa shape index (κ1) is 21.6. The number of amides is 1. The summed E-state index contributed by atoms with van der Waals surface area (Å²) in [6.45, 7) is 1.93. The third-order valence-corrected chi connectivity index (χ3v) is 6.00. The van der Waals surface area contributed by atoms with E-state index < -0.39 is 5.91 Å². The van der Waals surface area contributed by atoms with E-state index in [1.165, 1.54) is 0 Å². The SMILES string of the molecule is Cc1ccc(-c2onc3c2CCCC3)cc1NC(=O)c1ccc(Oc2cc(Cl)cc(Cl)c2)o1. The van der Waals surface area contributed by atoms with Gasteiger partial charge in [0.25, 0.3) is 11.9 Å². The molecule has 5 rings (SSSR count). The van der Waals surface area contributed by atoms with Crippen LogP contribution >= 0.6 is 23.2 Å². The maximum absolute atomic E-state index is 12.8. The lowest BCUT2D eigenvalue weighted by molar-refractivity contribution is 0.0991. The molecule has 0 saturated carbocycles. The summed E-state index contributed by atoms with van der Waals surface area (Å²) in [7, 11) is 0. The van der Waals surface area contributed by atoms with Crippen LogP contribution < -0.4 is 10.1 Å². The summed E-state index contributed by atoms with van der Waals surface area (Å²) in [5, 5.41) is 8.02. The highest BCUT2D eigenvalue weighted by molar-refractivity contribution is 6.34. The van der Waals surface area contributed by atoms with Crippen molar-refractivity contribution in [2.24, 2.45) is 0 Å². The van der Waals surface area contributed by atoms with Crippen molar-refractivity contribution in [1.82, 2.24) is 5.16 Å². The van der Waals surface area contributed by atoms with E-state index in [4.69, 9.17) is 36.9 Å². The maximum atomic E-state index is 12.8. The van der Waals surface area contributed by atoms with Gasteiger partial charge in [-0.1, -0.05) is 40.5 Å². The lowest BCUT2D eigenvalue weighted by Crippen LogP contribution is -2.12. The summed E-state index contributed by atoms with van der Waals surface area (Å²) >= 11 is 12.0. The standard InChI is InChI=1S/C25H20Cl2N2O4/c1-14-6-7-15(24-19-4-2-3-5-20(19)29-33-24)10-21(14)28-25(30)22-8-9-23(32-22)31-18-12-16(26)11-17(27)13-18/h6-13H,2-5H2,1H3,(H,28,30). The van der Waals surface area contributed by atoms with Crippen molar-refractivity contribution < 1.29 is 18.5 Å². The highest BCUT2D eigenvalue weighted by atomic mass is 35.5. The summed E-state index contributed by atoms with van der Waals surface area (Å²) in [5.74, 6) is 1.05. The normalized spacial score (nSPS) is 12.9. The van der Waals surface area contributed by atoms with Crippen molar-refractivity contribution in [3.8, 4) is 23.0 Å². The Bertz CT molecular complexity index is 1320. The van der Waals surface area contributed by atoms with Gasteiger partial charge in [-0.2, -0.15) is 0 Å². The fraction of sp³-hybridized carbons (Fsp3) is 0.200. The number of nitrogens with zero attached hydrogens (tertiary/aromatic N) is 1. The summed E-state index contributed by atoms with van der Waals surface area (Å²) < 4.78 is 16.8. The second-order valence-corrected chi connectivity index (χ2v) is 8.83. The minimum absolute atomic E-state index is 0.111. The molecule has 2 heterocycles. The molecule has 1 N–H and O–H groups in total. The first-order valence-electron chi connectivity index (χ1n) is 10.6. The van der Waals surface area contributed by atoms with Crippen LogP contribution in [0.4, 0.5) is 5.69 Å². The molecule has 0 atom stereocenters. The van der Waals surface area contributed by atoms with Gasteiger partial charge in [0.15, 0.2) is 11.5 Å². The number of carbonyl (C=O) groups excluding carboxylic acids is 1. The zero-order valence-corrected chi connectivity index (χ0v) is 19.3. The molecule has 0 saturated heterocycles. The number of aromatic nitrogens is 1. The molecule has 168 valence electrons. The fourth-order valence-corrected chi connectivity index (χ4v) is 4.41. The van der Waals surface area contributed by atoms with Gasteiger partial charge in [-0.05, 0) is 68.5 Å². The topological polar surface area (TPSA) is 77.5 Å². The Hall–Kier alpha value is -3.22. The lowest BCUT2D eigenvalue weighted by atomic mass is 9.93. The highest BCUT2D eigenvalue weighted by Gasteiger charge is 2.21. The summed E-state index contributed by atoms with van der Waals surface area (Å²) in [4.78, 5) is 12.8. The van der Waals surface area contributed by atoms with E-state index in [1.807, 2.05) is 25.1 Å². The van der Waals surface area contributed by atoms with Crippen molar-refractivity contribution in [2.45, 2.75) is 32.6 Å². The van der Waals surface area contributed by atoms with Gasteiger partial charge in [-0.15, -0.1) is 0 Å². The Morgan fingerprint density at radius 2 is 1.82 bits per heavy atom. The van der Waals surface area contributed by atoms with E-state index in [0.717, 1.165) is 53.8 Å². The molecule has 8 heteroatoms. The number of furan rings is 1. The Labute approximate surface area is 200 Å². The van der Waals surface area contributed by atoms with Crippen molar-refractivity contribution in [3.63, 3.8) is 0 Å². The number of hydrogen-bond donors (Lipinski definition) is 1. The van der Waals surface area contributed by atoms with Gasteiger partial charge in [0.1, 0.15) is 5.75 Å². The zero-order chi connectivity index (χ0) is 22.9. The van der Waals surface area contributed by atoms with E-state index >= 15 is 0 Å². The number of carbonyl (C=O) groups is 1. The third-order valence-electron chi connectivity index (χ3n) is 5.57. The van der Waals surface area contributed by atoms with Gasteiger partial charge in [0.05, 0.1) is 5.69 Å². The second kappa shape index (κ2) is 8.96. The number of rotatable bonds is 5. The largest absolute Gasteiger partial charge is 0.426 e. The molecule has 0 aliphatic heterocycles. The number of ether oxygens (including phenoxy) is 1. The van der Waals surface area contributed by atoms with Gasteiger partial charge >= 0.3 is 0 Å². The first-order chi connectivity index (χ1) is 16.0. The molecule has 1 aliphatic carbocycles. The van der Waals surface area contributed by atoms with Crippen molar-refractivity contribution in [2.75, 3.05) is 5.32 Å². The number of fused-ring (bicyclic) bond motifs is 1. The molecule has 0 unspecified atom stereocenters. The number of halogens is 2. The molecule has 0 fully saturated rings. The van der Waals surface area contributed by atoms with Gasteiger partial charge in [-0.3, -0.25) is 4.79 Å². The maximum Gasteiger partial charge on any atom is 0.291 e. The van der Waals surface area contributed by atoms with Crippen LogP contribution in [0.25, 0.3) is 11.3 Å². The molecule has 0 spiro atoms. The Kier molecular flexibility index (Phi) is 5.87. The minimum atomic E-state index is -0.395. The quantitative estimate of drug-likeness (QED) is 0.319. The smallest absolute Gasteiger partial charge is 0.291 e. The van der Waals surface area contributed by atoms with E-state index in [9.17, 15) is 4.79 Å². The summed E-state index contributed by atoms with van der Waals surface area (Å²) in [6.07, 6.45) is 4.16. The molecule has 2 aromatic heterocycles. The van der Waals surface area contributed by atoms with E-state index in [0.29, 0.717) is 21.5 Å². The lowest BCUT2D eigenvalue weighted by Gasteiger charge is -2.11. The monoisotopic (exact) mass is 482 g/mol. The second-order valence-electron chi connectivity index (χ2n) is 7.95. The molecular formula is C25H20Cl2N2O4. The zero-order valence-electron chi connectivity index (χ0n) is 17.8. The molecule has 0 bridgehead atoms. The number of hydrogen-bond acceptors (Lipinski definition) is 5. The Morgan fingerprint density at radius 3 is 2.64 bits per heavy atom. The van der Waals surface area contributed by atoms with Crippen LogP contribution in [0, 0.1) is 6.92 Å². The third kappa shape index (κ3) is 4.63. The minimum Gasteiger partial charge on any atom is -0.426 e. The van der Waals surface area contributed by atoms with Crippen molar-refractivity contribution in [1.29, 1.82) is 0 Å². The molecule has 4 aromatic rings. The average Bonchev–Trinajstić information content (AvgIpc) is 3.42. The number of benzene rings is 2. The summed E-state index contributed by atoms with van der Waals surface area (Å²) in [5.41, 5.74) is 4.66. The van der Waals surface area contributed by atoms with Gasteiger partial charge in [0.2, 0.25) is 0 Å². The number of nitrogens with one attached hydrogen (secondary N) is 1. The molecule has 1 amide bonds. The molecule has 6 nitrogen and oxygen atoms in total. The van der Waals surface area contributed by atoms with Crippen LogP contribution in [-0.4, -0.2) is 11.1 Å². The Balaban J connectivity index is 1.34. The van der Waals surface area contributed by atoms with Crippen LogP contribution in [-0.2, 0) is 12.8 Å². The van der Waals surface area contributed by atoms with E-state index in [-0.39, 0.29) is 11.7 Å². The Morgan fingerprint density at radius 1 is 1.03 bits per heavy atom. The molecule has 1 aliphatic rings. The first-order valence-corrected chi connectivity index (χ1v) is 11.4. The van der Waals surface area contributed by atoms with Crippen LogP contribution in [0.15, 0.2) is 57.5 Å². The molecule has 2 aromatic carbocycles.